The molecule has 3 rings (SSSR count). The van der Waals surface area contributed by atoms with E-state index >= 15 is 0 Å². The van der Waals surface area contributed by atoms with Gasteiger partial charge >= 0.3 is 0 Å². The number of carboxylic acid groups (broad SMARTS) is 1. The van der Waals surface area contributed by atoms with Crippen LogP contribution in [0.5, 0.6) is 0 Å². The summed E-state index contributed by atoms with van der Waals surface area (Å²) in [4.78, 5) is 24.0. The maximum Gasteiger partial charge on any atom is 0.227 e. The van der Waals surface area contributed by atoms with Crippen LogP contribution in [-0.4, -0.2) is 17.9 Å². The molecule has 5 nitrogen and oxygen atoms in total. The van der Waals surface area contributed by atoms with E-state index < -0.39 is 23.5 Å². The molecule has 0 heterocycles. The maximum atomic E-state index is 12.9. The van der Waals surface area contributed by atoms with Crippen LogP contribution in [0.25, 0.3) is 0 Å². The van der Waals surface area contributed by atoms with Crippen molar-refractivity contribution in [1.29, 1.82) is 0 Å². The topological polar surface area (TPSA) is 96.9 Å². The normalized spacial score (nSPS) is 12.2. The maximum absolute atomic E-state index is 12.9. The first-order valence-corrected chi connectivity index (χ1v) is 9.46. The predicted molar refractivity (Wildman–Crippen MR) is 108 cm³/mol. The highest BCUT2D eigenvalue weighted by molar-refractivity contribution is 5.84. The van der Waals surface area contributed by atoms with Gasteiger partial charge < -0.3 is 21.0 Å². The molecule has 0 aliphatic carbocycles. The number of carbonyl (C=O) groups excluding carboxylic acids is 2. The van der Waals surface area contributed by atoms with E-state index in [0.29, 0.717) is 0 Å². The molecule has 0 radical (unpaired) electrons. The van der Waals surface area contributed by atoms with Crippen molar-refractivity contribution in [3.8, 4) is 0 Å². The number of quaternary nitrogens is 1. The van der Waals surface area contributed by atoms with E-state index in [0.717, 1.165) is 22.3 Å². The molecule has 0 aromatic heterocycles. The van der Waals surface area contributed by atoms with E-state index in [1.165, 1.54) is 0 Å². The van der Waals surface area contributed by atoms with Gasteiger partial charge in [0, 0.05) is 0 Å². The number of aryl methyl sites for hydroxylation is 1. The van der Waals surface area contributed by atoms with Gasteiger partial charge in [0.1, 0.15) is 11.6 Å². The number of rotatable bonds is 7. The lowest BCUT2D eigenvalue weighted by atomic mass is 9.76. The second-order valence-electron chi connectivity index (χ2n) is 7.12. The summed E-state index contributed by atoms with van der Waals surface area (Å²) in [5.41, 5.74) is 6.27. The Bertz CT molecular complexity index is 931. The fourth-order valence-corrected chi connectivity index (χ4v) is 3.46. The number of carbonyl (C=O) groups is 2. The Labute approximate surface area is 170 Å². The predicted octanol–water partition coefficient (Wildman–Crippen LogP) is 1.15. The van der Waals surface area contributed by atoms with E-state index in [-0.39, 0.29) is 6.42 Å². The van der Waals surface area contributed by atoms with Gasteiger partial charge in [-0.2, -0.15) is 0 Å². The molecule has 0 saturated carbocycles. The van der Waals surface area contributed by atoms with Gasteiger partial charge in [0.25, 0.3) is 0 Å². The molecule has 148 valence electrons. The van der Waals surface area contributed by atoms with E-state index in [2.05, 4.69) is 11.1 Å². The van der Waals surface area contributed by atoms with E-state index in [9.17, 15) is 14.7 Å². The van der Waals surface area contributed by atoms with Gasteiger partial charge in [-0.3, -0.25) is 4.79 Å². The molecule has 0 unspecified atom stereocenters. The van der Waals surface area contributed by atoms with Crippen LogP contribution >= 0.6 is 0 Å². The second-order valence-corrected chi connectivity index (χ2v) is 7.12. The van der Waals surface area contributed by atoms with Gasteiger partial charge in [0.2, 0.25) is 5.91 Å². The molecule has 0 spiro atoms. The van der Waals surface area contributed by atoms with Crippen molar-refractivity contribution in [1.82, 2.24) is 5.32 Å². The van der Waals surface area contributed by atoms with Gasteiger partial charge in [-0.05, 0) is 23.6 Å². The van der Waals surface area contributed by atoms with Gasteiger partial charge in [0.15, 0.2) is 0 Å². The Hall–Kier alpha value is -3.44. The number of benzene rings is 3. The molecular weight excluding hydrogens is 364 g/mol. The zero-order valence-electron chi connectivity index (χ0n) is 16.3. The zero-order valence-corrected chi connectivity index (χ0v) is 16.3. The first kappa shape index (κ1) is 20.3. The summed E-state index contributed by atoms with van der Waals surface area (Å²) in [5.74, 6) is -1.76. The molecule has 29 heavy (non-hydrogen) atoms. The summed E-state index contributed by atoms with van der Waals surface area (Å²) in [6.07, 6.45) is -0.268. The van der Waals surface area contributed by atoms with Gasteiger partial charge in [-0.25, -0.2) is 0 Å². The number of aliphatic carboxylic acids is 1. The van der Waals surface area contributed by atoms with Crippen molar-refractivity contribution >= 4 is 11.9 Å². The highest BCUT2D eigenvalue weighted by Gasteiger charge is 2.38. The van der Waals surface area contributed by atoms with Crippen LogP contribution < -0.4 is 16.2 Å². The molecule has 0 aliphatic heterocycles. The van der Waals surface area contributed by atoms with E-state index in [4.69, 9.17) is 0 Å². The fraction of sp³-hybridized carbons (Fsp3) is 0.167. The van der Waals surface area contributed by atoms with Crippen LogP contribution in [0.2, 0.25) is 0 Å². The summed E-state index contributed by atoms with van der Waals surface area (Å²) in [7, 11) is 0. The average Bonchev–Trinajstić information content (AvgIpc) is 2.74. The van der Waals surface area contributed by atoms with Crippen molar-refractivity contribution in [3.05, 3.63) is 107 Å². The highest BCUT2D eigenvalue weighted by atomic mass is 16.4. The Balaban J connectivity index is 2.19. The van der Waals surface area contributed by atoms with Crippen molar-refractivity contribution in [2.75, 3.05) is 0 Å². The minimum atomic E-state index is -1.35. The van der Waals surface area contributed by atoms with E-state index in [1.807, 2.05) is 91.9 Å². The molecule has 0 saturated heterocycles. The van der Waals surface area contributed by atoms with Crippen molar-refractivity contribution in [3.63, 3.8) is 0 Å². The number of amides is 1. The number of carboxylic acids is 1. The molecule has 0 bridgehead atoms. The average molecular weight is 388 g/mol. The third-order valence-corrected chi connectivity index (χ3v) is 4.99. The van der Waals surface area contributed by atoms with Crippen molar-refractivity contribution in [2.45, 2.75) is 24.9 Å². The van der Waals surface area contributed by atoms with Crippen molar-refractivity contribution < 1.29 is 20.4 Å². The summed E-state index contributed by atoms with van der Waals surface area (Å²) in [5, 5.41) is 14.2. The quantitative estimate of drug-likeness (QED) is 0.594. The SMILES string of the molecule is Cc1ccc(C(NC(=O)C[C@H]([NH3+])C(=O)[O-])(c2ccccc2)c2ccccc2)cc1. The molecule has 5 heteroatoms. The van der Waals surface area contributed by atoms with Gasteiger partial charge in [-0.15, -0.1) is 0 Å². The molecule has 3 aromatic rings. The summed E-state index contributed by atoms with van der Waals surface area (Å²) in [6.45, 7) is 2.00. The van der Waals surface area contributed by atoms with Crippen molar-refractivity contribution in [2.24, 2.45) is 0 Å². The minimum absolute atomic E-state index is 0.268. The number of hydrogen-bond acceptors (Lipinski definition) is 3. The zero-order chi connectivity index (χ0) is 20.9. The molecule has 3 aromatic carbocycles. The van der Waals surface area contributed by atoms with Crippen LogP contribution in [0, 0.1) is 6.92 Å². The van der Waals surface area contributed by atoms with E-state index in [1.54, 1.807) is 0 Å². The summed E-state index contributed by atoms with van der Waals surface area (Å²) < 4.78 is 0. The first-order valence-electron chi connectivity index (χ1n) is 9.46. The molecule has 4 N–H and O–H groups in total. The van der Waals surface area contributed by atoms with Crippen LogP contribution in [0.1, 0.15) is 28.7 Å². The Morgan fingerprint density at radius 2 is 1.31 bits per heavy atom. The Morgan fingerprint density at radius 3 is 1.76 bits per heavy atom. The first-order chi connectivity index (χ1) is 13.9. The third kappa shape index (κ3) is 4.36. The summed E-state index contributed by atoms with van der Waals surface area (Å²) >= 11 is 0. The Kier molecular flexibility index (Phi) is 6.10. The smallest absolute Gasteiger partial charge is 0.227 e. The minimum Gasteiger partial charge on any atom is -0.544 e. The fourth-order valence-electron chi connectivity index (χ4n) is 3.46. The lowest BCUT2D eigenvalue weighted by Crippen LogP contribution is -2.69. The molecule has 1 amide bonds. The van der Waals surface area contributed by atoms with Crippen LogP contribution in [-0.2, 0) is 15.1 Å². The van der Waals surface area contributed by atoms with Crippen LogP contribution in [0.15, 0.2) is 84.9 Å². The standard InChI is InChI=1S/C24H24N2O3/c1-17-12-14-20(15-13-17)24(18-8-4-2-5-9-18,19-10-6-3-7-11-19)26-22(27)16-21(25)23(28)29/h2-15,21H,16,25H2,1H3,(H,26,27)(H,28,29)/t21-/m0/s1. The summed E-state index contributed by atoms with van der Waals surface area (Å²) in [6, 6.07) is 26.1. The number of nitrogens with one attached hydrogen (secondary N) is 1. The highest BCUT2D eigenvalue weighted by Crippen LogP contribution is 2.37. The van der Waals surface area contributed by atoms with Gasteiger partial charge in [-0.1, -0.05) is 90.5 Å². The van der Waals surface area contributed by atoms with Crippen LogP contribution in [0.4, 0.5) is 0 Å². The van der Waals surface area contributed by atoms with Gasteiger partial charge in [0.05, 0.1) is 12.4 Å². The molecule has 0 fully saturated rings. The molecule has 0 aliphatic rings. The van der Waals surface area contributed by atoms with Crippen LogP contribution in [0.3, 0.4) is 0 Å². The lowest BCUT2D eigenvalue weighted by Gasteiger charge is -2.37. The lowest BCUT2D eigenvalue weighted by molar-refractivity contribution is -0.436. The molecular formula is C24H24N2O3. The third-order valence-electron chi connectivity index (χ3n) is 4.99. The second kappa shape index (κ2) is 8.71. The molecule has 1 atom stereocenters. The largest absolute Gasteiger partial charge is 0.544 e. The monoisotopic (exact) mass is 388 g/mol. The number of hydrogen-bond donors (Lipinski definition) is 2. The Morgan fingerprint density at radius 1 is 0.862 bits per heavy atom.